The molecule has 2 saturated heterocycles. The fourth-order valence-electron chi connectivity index (χ4n) is 4.88. The summed E-state index contributed by atoms with van der Waals surface area (Å²) >= 11 is 0. The Hall–Kier alpha value is -3.42. The maximum Gasteiger partial charge on any atom is 0.434 e. The van der Waals surface area contributed by atoms with Crippen molar-refractivity contribution in [2.24, 2.45) is 0 Å². The molecule has 164 valence electrons. The minimum absolute atomic E-state index is 0.0141. The second kappa shape index (κ2) is 7.93. The quantitative estimate of drug-likeness (QED) is 0.622. The summed E-state index contributed by atoms with van der Waals surface area (Å²) in [7, 11) is 0. The maximum atomic E-state index is 13.6. The lowest BCUT2D eigenvalue weighted by molar-refractivity contribution is -0.141. The van der Waals surface area contributed by atoms with Crippen LogP contribution in [-0.2, 0) is 6.18 Å². The summed E-state index contributed by atoms with van der Waals surface area (Å²) in [5.74, 6) is 0.271. The number of carbonyl (C=O) groups is 1. The summed E-state index contributed by atoms with van der Waals surface area (Å²) in [5, 5.41) is 3.20. The molecular weight excluding hydrogens is 417 g/mol. The van der Waals surface area contributed by atoms with Crippen LogP contribution in [0.3, 0.4) is 0 Å². The van der Waals surface area contributed by atoms with E-state index in [0.29, 0.717) is 5.56 Å². The van der Waals surface area contributed by atoms with E-state index in [-0.39, 0.29) is 29.9 Å². The predicted octanol–water partition coefficient (Wildman–Crippen LogP) is 5.02. The van der Waals surface area contributed by atoms with Crippen molar-refractivity contribution in [2.75, 3.05) is 5.32 Å². The number of carbonyl (C=O) groups excluding carboxylic acids is 1. The fourth-order valence-corrected chi connectivity index (χ4v) is 4.88. The lowest BCUT2D eigenvalue weighted by atomic mass is 9.95. The van der Waals surface area contributed by atoms with Gasteiger partial charge in [-0.05, 0) is 36.5 Å². The van der Waals surface area contributed by atoms with Crippen molar-refractivity contribution in [3.63, 3.8) is 0 Å². The van der Waals surface area contributed by atoms with Gasteiger partial charge >= 0.3 is 6.18 Å². The number of rotatable bonds is 4. The van der Waals surface area contributed by atoms with E-state index in [9.17, 15) is 18.0 Å². The number of nitrogens with zero attached hydrogens (tertiary/aromatic N) is 3. The third-order valence-electron chi connectivity index (χ3n) is 6.29. The molecular formula is C24H21F3N4O. The molecule has 2 aromatic carbocycles. The molecule has 0 saturated carbocycles. The molecule has 2 aliphatic heterocycles. The van der Waals surface area contributed by atoms with Crippen molar-refractivity contribution in [3.05, 3.63) is 78.2 Å². The Bertz CT molecular complexity index is 1120. The minimum atomic E-state index is -4.52. The van der Waals surface area contributed by atoms with Crippen LogP contribution in [0.15, 0.2) is 67.0 Å². The topological polar surface area (TPSA) is 58.1 Å². The van der Waals surface area contributed by atoms with Gasteiger partial charge in [0, 0.05) is 11.6 Å². The zero-order valence-corrected chi connectivity index (χ0v) is 17.1. The average Bonchev–Trinajstić information content (AvgIpc) is 3.37. The van der Waals surface area contributed by atoms with Gasteiger partial charge in [-0.2, -0.15) is 13.2 Å². The highest BCUT2D eigenvalue weighted by atomic mass is 19.4. The van der Waals surface area contributed by atoms with E-state index < -0.39 is 11.9 Å². The van der Waals surface area contributed by atoms with Gasteiger partial charge in [0.15, 0.2) is 5.69 Å². The third-order valence-corrected chi connectivity index (χ3v) is 6.29. The molecule has 3 heterocycles. The Kier molecular flexibility index (Phi) is 5.07. The van der Waals surface area contributed by atoms with Crippen molar-refractivity contribution in [2.45, 2.75) is 43.6 Å². The molecule has 3 aromatic rings. The molecule has 1 N–H and O–H groups in total. The van der Waals surface area contributed by atoms with Crippen LogP contribution in [0.4, 0.5) is 19.0 Å². The van der Waals surface area contributed by atoms with E-state index in [1.165, 1.54) is 0 Å². The normalized spacial score (nSPS) is 22.2. The van der Waals surface area contributed by atoms with Gasteiger partial charge in [-0.1, -0.05) is 48.5 Å². The Balaban J connectivity index is 1.36. The summed E-state index contributed by atoms with van der Waals surface area (Å²) < 4.78 is 38.2. The molecule has 2 fully saturated rings. The van der Waals surface area contributed by atoms with Gasteiger partial charge in [0.25, 0.3) is 5.91 Å². The molecule has 2 aliphatic rings. The Morgan fingerprint density at radius 1 is 0.969 bits per heavy atom. The molecule has 2 bridgehead atoms. The van der Waals surface area contributed by atoms with Crippen molar-refractivity contribution in [3.8, 4) is 11.1 Å². The highest BCUT2D eigenvalue weighted by Gasteiger charge is 2.49. The Morgan fingerprint density at radius 3 is 2.44 bits per heavy atom. The van der Waals surface area contributed by atoms with E-state index in [0.717, 1.165) is 42.8 Å². The second-order valence-corrected chi connectivity index (χ2v) is 8.19. The molecule has 32 heavy (non-hydrogen) atoms. The summed E-state index contributed by atoms with van der Waals surface area (Å²) in [6.45, 7) is 0. The first-order valence-electron chi connectivity index (χ1n) is 10.5. The monoisotopic (exact) mass is 438 g/mol. The number of fused-ring (bicyclic) bond motifs is 2. The van der Waals surface area contributed by atoms with Crippen molar-refractivity contribution >= 4 is 11.7 Å². The van der Waals surface area contributed by atoms with Crippen molar-refractivity contribution in [1.29, 1.82) is 0 Å². The zero-order chi connectivity index (χ0) is 22.3. The van der Waals surface area contributed by atoms with E-state index in [1.807, 2.05) is 59.5 Å². The van der Waals surface area contributed by atoms with Crippen molar-refractivity contribution < 1.29 is 18.0 Å². The fraction of sp³-hybridized carbons (Fsp3) is 0.292. The van der Waals surface area contributed by atoms with Crippen LogP contribution in [0.2, 0.25) is 0 Å². The van der Waals surface area contributed by atoms with Gasteiger partial charge in [0.05, 0.1) is 24.5 Å². The Labute approximate surface area is 183 Å². The van der Waals surface area contributed by atoms with Gasteiger partial charge in [-0.3, -0.25) is 4.79 Å². The predicted molar refractivity (Wildman–Crippen MR) is 114 cm³/mol. The van der Waals surface area contributed by atoms with Crippen LogP contribution in [0.5, 0.6) is 0 Å². The van der Waals surface area contributed by atoms with Crippen LogP contribution >= 0.6 is 0 Å². The van der Waals surface area contributed by atoms with Gasteiger partial charge in [0.1, 0.15) is 5.82 Å². The van der Waals surface area contributed by atoms with Gasteiger partial charge in [-0.25, -0.2) is 9.97 Å². The lowest BCUT2D eigenvalue weighted by Gasteiger charge is -2.26. The number of benzene rings is 2. The van der Waals surface area contributed by atoms with Crippen LogP contribution in [0.25, 0.3) is 11.1 Å². The van der Waals surface area contributed by atoms with Crippen LogP contribution in [-0.4, -0.2) is 38.9 Å². The van der Waals surface area contributed by atoms with E-state index >= 15 is 0 Å². The summed E-state index contributed by atoms with van der Waals surface area (Å²) in [5.41, 5.74) is 1.51. The zero-order valence-electron chi connectivity index (χ0n) is 17.1. The van der Waals surface area contributed by atoms with Crippen LogP contribution in [0, 0.1) is 0 Å². The largest absolute Gasteiger partial charge is 0.434 e. The molecule has 8 heteroatoms. The molecule has 0 unspecified atom stereocenters. The van der Waals surface area contributed by atoms with Gasteiger partial charge < -0.3 is 10.2 Å². The highest BCUT2D eigenvalue weighted by Crippen LogP contribution is 2.41. The number of hydrogen-bond donors (Lipinski definition) is 1. The number of aromatic nitrogens is 2. The standard InChI is InChI=1S/C24H21F3N4O/c25-24(26,27)21-13-29-22(14-28-21)30-19-12-16-10-11-20(19)31(16)23(32)18-9-5-4-8-17(18)15-6-2-1-3-7-15/h1-9,13-14,16,19-20H,10-12H2,(H,29,30)/t16-,19-,20+/m1/s1. The molecule has 5 nitrogen and oxygen atoms in total. The van der Waals surface area contributed by atoms with Crippen LogP contribution < -0.4 is 5.32 Å². The summed E-state index contributed by atoms with van der Waals surface area (Å²) in [6.07, 6.45) is -0.198. The first kappa shape index (κ1) is 20.5. The average molecular weight is 438 g/mol. The summed E-state index contributed by atoms with van der Waals surface area (Å²) in [4.78, 5) is 22.9. The minimum Gasteiger partial charge on any atom is -0.364 e. The van der Waals surface area contributed by atoms with Crippen molar-refractivity contribution in [1.82, 2.24) is 14.9 Å². The highest BCUT2D eigenvalue weighted by molar-refractivity contribution is 6.01. The Morgan fingerprint density at radius 2 is 1.72 bits per heavy atom. The third kappa shape index (κ3) is 3.70. The molecule has 0 spiro atoms. The molecule has 3 atom stereocenters. The number of alkyl halides is 3. The van der Waals surface area contributed by atoms with Crippen LogP contribution in [0.1, 0.15) is 35.3 Å². The number of nitrogens with one attached hydrogen (secondary N) is 1. The van der Waals surface area contributed by atoms with Gasteiger partial charge in [0.2, 0.25) is 0 Å². The lowest BCUT2D eigenvalue weighted by Crippen LogP contribution is -2.40. The van der Waals surface area contributed by atoms with E-state index in [4.69, 9.17) is 0 Å². The first-order valence-corrected chi connectivity index (χ1v) is 10.5. The number of anilines is 1. The molecule has 0 aliphatic carbocycles. The van der Waals surface area contributed by atoms with E-state index in [1.54, 1.807) is 0 Å². The summed E-state index contributed by atoms with van der Waals surface area (Å²) in [6, 6.07) is 17.4. The molecule has 0 radical (unpaired) electrons. The van der Waals surface area contributed by atoms with E-state index in [2.05, 4.69) is 15.3 Å². The second-order valence-electron chi connectivity index (χ2n) is 8.19. The number of amides is 1. The first-order chi connectivity index (χ1) is 15.4. The molecule has 1 amide bonds. The number of halogens is 3. The maximum absolute atomic E-state index is 13.6. The molecule has 1 aromatic heterocycles. The smallest absolute Gasteiger partial charge is 0.364 e. The van der Waals surface area contributed by atoms with Gasteiger partial charge in [-0.15, -0.1) is 0 Å². The molecule has 5 rings (SSSR count). The SMILES string of the molecule is O=C(c1ccccc1-c1ccccc1)N1[C@@H]2CC[C@H]1[C@H](Nc1cnc(C(F)(F)F)cn1)C2. The number of hydrogen-bond acceptors (Lipinski definition) is 4.